The molecule has 0 amide bonds. The molecule has 2 aliphatic carbocycles. The van der Waals surface area contributed by atoms with Crippen LogP contribution in [0.15, 0.2) is 43.5 Å². The predicted molar refractivity (Wildman–Crippen MR) is 99.1 cm³/mol. The van der Waals surface area contributed by atoms with E-state index in [0.717, 1.165) is 10.1 Å². The number of rotatable bonds is 2. The van der Waals surface area contributed by atoms with Gasteiger partial charge in [-0.2, -0.15) is 0 Å². The van der Waals surface area contributed by atoms with Crippen LogP contribution in [0.3, 0.4) is 0 Å². The zero-order chi connectivity index (χ0) is 16.3. The third-order valence-corrected chi connectivity index (χ3v) is 11.3. The van der Waals surface area contributed by atoms with Crippen LogP contribution in [0.5, 0.6) is 0 Å². The van der Waals surface area contributed by atoms with E-state index >= 15 is 0 Å². The first-order chi connectivity index (χ1) is 9.48. The van der Waals surface area contributed by atoms with Gasteiger partial charge in [-0.3, -0.25) is 0 Å². The number of halogens is 2. The Bertz CT molecular complexity index is 546. The molecule has 0 heterocycles. The SMILES string of the molecule is CC1=C(C)C(C)([SiH2]C2(C)C(C)=C(C)C(C)=C2Cl)C(Cl)=C1C.[Zr]. The molecule has 0 saturated carbocycles. The minimum Gasteiger partial charge on any atom is -0.0882 e. The van der Waals surface area contributed by atoms with Gasteiger partial charge in [0.15, 0.2) is 0 Å². The van der Waals surface area contributed by atoms with E-state index in [2.05, 4.69) is 55.4 Å². The number of hydrogen-bond donors (Lipinski definition) is 0. The summed E-state index contributed by atoms with van der Waals surface area (Å²) in [4.78, 5) is 0. The van der Waals surface area contributed by atoms with Crippen LogP contribution in [-0.4, -0.2) is 9.52 Å². The van der Waals surface area contributed by atoms with E-state index in [1.54, 1.807) is 0 Å². The Hall–Kier alpha value is 0.640. The van der Waals surface area contributed by atoms with E-state index in [4.69, 9.17) is 23.2 Å². The standard InChI is InChI=1S/C18H26Cl2Si.Zr/c1-9-11(3)15(19)17(7,13(9)5)21-18(8)14(6)10(2)12(4)16(18)20;/h21H2,1-8H3;. The second kappa shape index (κ2) is 6.51. The van der Waals surface area contributed by atoms with Gasteiger partial charge in [0.2, 0.25) is 0 Å². The summed E-state index contributed by atoms with van der Waals surface area (Å²) in [5, 5.41) is 2.14. The summed E-state index contributed by atoms with van der Waals surface area (Å²) >= 11 is 13.5. The van der Waals surface area contributed by atoms with Crippen molar-refractivity contribution in [1.82, 2.24) is 0 Å². The molecule has 0 spiro atoms. The Morgan fingerprint density at radius 1 is 0.636 bits per heavy atom. The van der Waals surface area contributed by atoms with Gasteiger partial charge in [-0.15, -0.1) is 0 Å². The minimum atomic E-state index is -0.641. The fraction of sp³-hybridized carbons (Fsp3) is 0.556. The van der Waals surface area contributed by atoms with E-state index in [1.165, 1.54) is 33.4 Å². The van der Waals surface area contributed by atoms with Gasteiger partial charge >= 0.3 is 0 Å². The minimum absolute atomic E-state index is 0. The maximum Gasteiger partial charge on any atom is 0.0567 e. The van der Waals surface area contributed by atoms with Crippen molar-refractivity contribution >= 4 is 32.7 Å². The van der Waals surface area contributed by atoms with Crippen LogP contribution in [0.1, 0.15) is 55.4 Å². The van der Waals surface area contributed by atoms with Gasteiger partial charge in [0.25, 0.3) is 0 Å². The van der Waals surface area contributed by atoms with Gasteiger partial charge in [-0.25, -0.2) is 0 Å². The quantitative estimate of drug-likeness (QED) is 0.453. The molecule has 22 heavy (non-hydrogen) atoms. The molecule has 2 atom stereocenters. The van der Waals surface area contributed by atoms with Crippen LogP contribution in [0.4, 0.5) is 0 Å². The fourth-order valence-corrected chi connectivity index (χ4v) is 8.29. The zero-order valence-electron chi connectivity index (χ0n) is 15.0. The van der Waals surface area contributed by atoms with Crippen LogP contribution < -0.4 is 0 Å². The van der Waals surface area contributed by atoms with E-state index in [-0.39, 0.29) is 36.3 Å². The van der Waals surface area contributed by atoms with Crippen molar-refractivity contribution in [3.63, 3.8) is 0 Å². The molecule has 0 bridgehead atoms. The molecule has 0 saturated heterocycles. The summed E-state index contributed by atoms with van der Waals surface area (Å²) in [5.41, 5.74) is 8.15. The van der Waals surface area contributed by atoms with Crippen molar-refractivity contribution < 1.29 is 26.2 Å². The van der Waals surface area contributed by atoms with Gasteiger partial charge in [0.1, 0.15) is 0 Å². The molecule has 0 aromatic carbocycles. The topological polar surface area (TPSA) is 0 Å². The third kappa shape index (κ3) is 2.67. The van der Waals surface area contributed by atoms with Crippen molar-refractivity contribution in [2.75, 3.05) is 0 Å². The van der Waals surface area contributed by atoms with Gasteiger partial charge in [0.05, 0.1) is 9.52 Å². The first-order valence-electron chi connectivity index (χ1n) is 7.59. The summed E-state index contributed by atoms with van der Waals surface area (Å²) in [6.45, 7) is 17.8. The van der Waals surface area contributed by atoms with Gasteiger partial charge < -0.3 is 0 Å². The summed E-state index contributed by atoms with van der Waals surface area (Å²) in [7, 11) is -0.641. The maximum atomic E-state index is 6.77. The van der Waals surface area contributed by atoms with E-state index in [9.17, 15) is 0 Å². The molecule has 4 heteroatoms. The Labute approximate surface area is 167 Å². The predicted octanol–water partition coefficient (Wildman–Crippen LogP) is 6.24. The summed E-state index contributed by atoms with van der Waals surface area (Å²) < 4.78 is 0. The zero-order valence-corrected chi connectivity index (χ0v) is 20.3. The van der Waals surface area contributed by atoms with Crippen LogP contribution >= 0.6 is 23.2 Å². The maximum absolute atomic E-state index is 6.77. The monoisotopic (exact) mass is 430 g/mol. The number of allylic oxidation sites excluding steroid dienone is 8. The molecule has 0 N–H and O–H groups in total. The van der Waals surface area contributed by atoms with E-state index < -0.39 is 9.52 Å². The molecule has 2 rings (SSSR count). The Balaban J connectivity index is 0.00000242. The van der Waals surface area contributed by atoms with Crippen molar-refractivity contribution in [3.05, 3.63) is 43.5 Å². The summed E-state index contributed by atoms with van der Waals surface area (Å²) in [6, 6.07) is 0. The molecule has 120 valence electrons. The molecule has 2 unspecified atom stereocenters. The van der Waals surface area contributed by atoms with Crippen molar-refractivity contribution in [2.24, 2.45) is 0 Å². The van der Waals surface area contributed by atoms with Crippen LogP contribution in [0.25, 0.3) is 0 Å². The van der Waals surface area contributed by atoms with Gasteiger partial charge in [-0.1, -0.05) is 48.2 Å². The molecule has 0 aromatic heterocycles. The van der Waals surface area contributed by atoms with Crippen molar-refractivity contribution in [3.8, 4) is 0 Å². The molecule has 2 aliphatic rings. The summed E-state index contributed by atoms with van der Waals surface area (Å²) in [5.74, 6) is 0. The smallest absolute Gasteiger partial charge is 0.0567 e. The molecule has 0 aliphatic heterocycles. The molecule has 0 radical (unpaired) electrons. The second-order valence-corrected chi connectivity index (χ2v) is 11.2. The van der Waals surface area contributed by atoms with Crippen molar-refractivity contribution in [2.45, 2.75) is 65.5 Å². The Morgan fingerprint density at radius 2 is 0.909 bits per heavy atom. The Morgan fingerprint density at radius 3 is 1.09 bits per heavy atom. The average molecular weight is 433 g/mol. The molecule has 0 nitrogen and oxygen atoms in total. The number of hydrogen-bond acceptors (Lipinski definition) is 0. The summed E-state index contributed by atoms with van der Waals surface area (Å²) in [6.07, 6.45) is 0. The molecule has 0 fully saturated rings. The van der Waals surface area contributed by atoms with Gasteiger partial charge in [0, 0.05) is 46.3 Å². The van der Waals surface area contributed by atoms with E-state index in [1.807, 2.05) is 0 Å². The van der Waals surface area contributed by atoms with Crippen molar-refractivity contribution in [1.29, 1.82) is 0 Å². The first kappa shape index (κ1) is 20.7. The molecular weight excluding hydrogens is 406 g/mol. The molecular formula is C18H26Cl2SiZr. The average Bonchev–Trinajstić information content (AvgIpc) is 2.67. The molecule has 0 aromatic rings. The van der Waals surface area contributed by atoms with E-state index in [0.29, 0.717) is 0 Å². The first-order valence-corrected chi connectivity index (χ1v) is 9.76. The largest absolute Gasteiger partial charge is 0.0882 e. The van der Waals surface area contributed by atoms with Crippen LogP contribution in [-0.2, 0) is 26.2 Å². The Kier molecular flexibility index (Phi) is 6.12. The third-order valence-electron chi connectivity index (χ3n) is 6.24. The van der Waals surface area contributed by atoms with Crippen LogP contribution in [0, 0.1) is 0 Å². The van der Waals surface area contributed by atoms with Gasteiger partial charge in [-0.05, 0) is 63.8 Å². The fourth-order valence-electron chi connectivity index (χ4n) is 4.00. The normalized spacial score (nSPS) is 33.0. The second-order valence-electron chi connectivity index (χ2n) is 7.22. The van der Waals surface area contributed by atoms with Crippen LogP contribution in [0.2, 0.25) is 10.1 Å².